The number of nitrogens with zero attached hydrogens (tertiary/aromatic N) is 2. The van der Waals surface area contributed by atoms with Crippen LogP contribution in [0, 0.1) is 22.7 Å². The van der Waals surface area contributed by atoms with Gasteiger partial charge in [0.25, 0.3) is 0 Å². The molecule has 9 nitrogen and oxygen atoms in total. The number of esters is 2. The summed E-state index contributed by atoms with van der Waals surface area (Å²) in [5.74, 6) is -2.87. The van der Waals surface area contributed by atoms with Crippen LogP contribution in [0.1, 0.15) is 92.4 Å². The van der Waals surface area contributed by atoms with Crippen molar-refractivity contribution in [3.8, 4) is 0 Å². The lowest BCUT2D eigenvalue weighted by atomic mass is 9.79. The topological polar surface area (TPSA) is 113 Å². The molecule has 264 valence electrons. The quantitative estimate of drug-likeness (QED) is 0.340. The monoisotopic (exact) mass is 668 g/mol. The number of hydrogen-bond donors (Lipinski definition) is 1. The second-order valence-corrected chi connectivity index (χ2v) is 15.2. The molecule has 1 N–H and O–H groups in total. The van der Waals surface area contributed by atoms with E-state index in [1.807, 2.05) is 74.5 Å². The highest BCUT2D eigenvalue weighted by Crippen LogP contribution is 2.44. The van der Waals surface area contributed by atoms with Gasteiger partial charge in [-0.1, -0.05) is 74.5 Å². The van der Waals surface area contributed by atoms with E-state index in [0.29, 0.717) is 0 Å². The van der Waals surface area contributed by atoms with E-state index in [9.17, 15) is 28.7 Å². The van der Waals surface area contributed by atoms with Gasteiger partial charge in [0.15, 0.2) is 0 Å². The van der Waals surface area contributed by atoms with Crippen molar-refractivity contribution < 1.29 is 38.1 Å². The van der Waals surface area contributed by atoms with Gasteiger partial charge in [0, 0.05) is 13.1 Å². The number of likely N-dealkylation sites (tertiary alicyclic amines) is 2. The Labute approximate surface area is 284 Å². The van der Waals surface area contributed by atoms with Crippen molar-refractivity contribution in [1.29, 1.82) is 0 Å². The highest BCUT2D eigenvalue weighted by Gasteiger charge is 2.58. The molecule has 2 heterocycles. The zero-order valence-corrected chi connectivity index (χ0v) is 30.1. The molecule has 2 aromatic carbocycles. The van der Waals surface area contributed by atoms with Gasteiger partial charge in [-0.05, 0) is 66.5 Å². The minimum Gasteiger partial charge on any atom is -0.459 e. The molecule has 0 bridgehead atoms. The maximum Gasteiger partial charge on any atom is 0.317 e. The molecule has 0 saturated carbocycles. The Morgan fingerprint density at radius 1 is 0.750 bits per heavy atom. The van der Waals surface area contributed by atoms with Crippen LogP contribution in [0.3, 0.4) is 0 Å². The van der Waals surface area contributed by atoms with E-state index >= 15 is 0 Å². The molecule has 4 rings (SSSR count). The van der Waals surface area contributed by atoms with Crippen LogP contribution in [-0.4, -0.2) is 76.2 Å². The highest BCUT2D eigenvalue weighted by molar-refractivity contribution is 5.93. The van der Waals surface area contributed by atoms with E-state index in [1.54, 1.807) is 65.2 Å². The molecular formula is C38H53FN2O7. The van der Waals surface area contributed by atoms with Crippen molar-refractivity contribution in [2.24, 2.45) is 22.7 Å². The van der Waals surface area contributed by atoms with Gasteiger partial charge in [-0.2, -0.15) is 0 Å². The van der Waals surface area contributed by atoms with Gasteiger partial charge in [-0.3, -0.25) is 19.2 Å². The minimum absolute atomic E-state index is 0.0362. The number of alkyl halides is 1. The van der Waals surface area contributed by atoms with Crippen LogP contribution in [0.2, 0.25) is 0 Å². The highest BCUT2D eigenvalue weighted by atomic mass is 19.1. The van der Waals surface area contributed by atoms with Crippen molar-refractivity contribution in [2.45, 2.75) is 92.5 Å². The van der Waals surface area contributed by atoms with Gasteiger partial charge in [0.1, 0.15) is 28.7 Å². The van der Waals surface area contributed by atoms with Gasteiger partial charge in [-0.25, -0.2) is 4.39 Å². The summed E-state index contributed by atoms with van der Waals surface area (Å²) in [4.78, 5) is 54.1. The van der Waals surface area contributed by atoms with E-state index in [2.05, 4.69) is 0 Å². The molecular weight excluding hydrogens is 615 g/mol. The van der Waals surface area contributed by atoms with Crippen LogP contribution < -0.4 is 0 Å². The molecule has 6 atom stereocenters. The molecule has 48 heavy (non-hydrogen) atoms. The Bertz CT molecular complexity index is 1330. The minimum atomic E-state index is -1.44. The number of aliphatic hydroxyl groups is 1. The van der Waals surface area contributed by atoms with Gasteiger partial charge in [0.2, 0.25) is 11.8 Å². The largest absolute Gasteiger partial charge is 0.459 e. The van der Waals surface area contributed by atoms with Crippen molar-refractivity contribution in [3.63, 3.8) is 0 Å². The standard InChI is InChI=1S/C19H26FNO3.C19H27NO4/c1-13-16(22)21(14(2)15-9-7-6-8-10-15)12-19(13,11-20)17(23)24-18(3,4)5;1-13-16(22)20(14(2)15-9-7-6-8-10-15)11-19(13,12-21)17(23)24-18(3,4)5/h6-10,13-14H,11-12H2,1-5H3;6-10,13-14,21H,11-12H2,1-5H3/t13?,14-,19-;13?,14-,19+/m11/s1. The lowest BCUT2D eigenvalue weighted by Gasteiger charge is -2.32. The van der Waals surface area contributed by atoms with Crippen molar-refractivity contribution in [2.75, 3.05) is 26.4 Å². The summed E-state index contributed by atoms with van der Waals surface area (Å²) in [5.41, 5.74) is -2.09. The van der Waals surface area contributed by atoms with Crippen LogP contribution in [0.4, 0.5) is 4.39 Å². The number of hydrogen-bond acceptors (Lipinski definition) is 7. The third-order valence-electron chi connectivity index (χ3n) is 9.50. The van der Waals surface area contributed by atoms with Crippen LogP contribution in [0.5, 0.6) is 0 Å². The first-order valence-corrected chi connectivity index (χ1v) is 16.6. The summed E-state index contributed by atoms with van der Waals surface area (Å²) in [6, 6.07) is 18.8. The average Bonchev–Trinajstić information content (AvgIpc) is 3.45. The number of halogens is 1. The van der Waals surface area contributed by atoms with E-state index in [-0.39, 0.29) is 37.0 Å². The lowest BCUT2D eigenvalue weighted by molar-refractivity contribution is -0.173. The number of amides is 2. The first-order valence-electron chi connectivity index (χ1n) is 16.6. The van der Waals surface area contributed by atoms with Crippen LogP contribution in [0.15, 0.2) is 60.7 Å². The molecule has 0 radical (unpaired) electrons. The summed E-state index contributed by atoms with van der Waals surface area (Å²) < 4.78 is 24.9. The predicted molar refractivity (Wildman–Crippen MR) is 181 cm³/mol. The summed E-state index contributed by atoms with van der Waals surface area (Å²) in [6.07, 6.45) is 0. The van der Waals surface area contributed by atoms with Crippen LogP contribution in [-0.2, 0) is 28.7 Å². The molecule has 0 spiro atoms. The Balaban J connectivity index is 0.000000260. The fourth-order valence-electron chi connectivity index (χ4n) is 6.19. The molecule has 2 unspecified atom stereocenters. The van der Waals surface area contributed by atoms with Crippen LogP contribution in [0.25, 0.3) is 0 Å². The maximum atomic E-state index is 14.0. The lowest BCUT2D eigenvalue weighted by Crippen LogP contribution is -2.45. The number of aliphatic hydroxyl groups excluding tert-OH is 1. The Kier molecular flexibility index (Phi) is 11.9. The number of ether oxygens (including phenoxy) is 2. The van der Waals surface area contributed by atoms with Gasteiger partial charge in [0.05, 0.1) is 30.5 Å². The third-order valence-corrected chi connectivity index (χ3v) is 9.50. The predicted octanol–water partition coefficient (Wildman–Crippen LogP) is 6.07. The smallest absolute Gasteiger partial charge is 0.317 e. The fourth-order valence-corrected chi connectivity index (χ4v) is 6.19. The second-order valence-electron chi connectivity index (χ2n) is 15.2. The molecule has 2 aromatic rings. The van der Waals surface area contributed by atoms with E-state index in [1.165, 1.54) is 0 Å². The van der Waals surface area contributed by atoms with Crippen molar-refractivity contribution >= 4 is 23.8 Å². The number of rotatable bonds is 8. The Morgan fingerprint density at radius 2 is 1.08 bits per heavy atom. The number of benzene rings is 2. The second kappa shape index (κ2) is 14.8. The fraction of sp³-hybridized carbons (Fsp3) is 0.579. The van der Waals surface area contributed by atoms with E-state index in [4.69, 9.17) is 9.47 Å². The Hall–Kier alpha value is -3.79. The first-order chi connectivity index (χ1) is 22.2. The molecule has 2 aliphatic heterocycles. The van der Waals surface area contributed by atoms with Crippen LogP contribution >= 0.6 is 0 Å². The summed E-state index contributed by atoms with van der Waals surface area (Å²) in [7, 11) is 0. The van der Waals surface area contributed by atoms with Crippen molar-refractivity contribution in [1.82, 2.24) is 9.80 Å². The zero-order chi connectivity index (χ0) is 36.2. The van der Waals surface area contributed by atoms with Crippen molar-refractivity contribution in [3.05, 3.63) is 71.8 Å². The van der Waals surface area contributed by atoms with Gasteiger partial charge in [-0.15, -0.1) is 0 Å². The summed E-state index contributed by atoms with van der Waals surface area (Å²) in [5, 5.41) is 9.96. The molecule has 2 fully saturated rings. The normalized spacial score (nSPS) is 25.7. The summed E-state index contributed by atoms with van der Waals surface area (Å²) >= 11 is 0. The number of carbonyl (C=O) groups is 4. The molecule has 2 aliphatic rings. The third kappa shape index (κ3) is 8.08. The molecule has 2 amide bonds. The number of carbonyl (C=O) groups excluding carboxylic acids is 4. The molecule has 0 aromatic heterocycles. The molecule has 10 heteroatoms. The molecule has 0 aliphatic carbocycles. The van der Waals surface area contributed by atoms with E-state index in [0.717, 1.165) is 11.1 Å². The Morgan fingerprint density at radius 3 is 1.42 bits per heavy atom. The van der Waals surface area contributed by atoms with Gasteiger partial charge >= 0.3 is 11.9 Å². The first kappa shape index (κ1) is 38.7. The average molecular weight is 669 g/mol. The van der Waals surface area contributed by atoms with E-state index < -0.39 is 59.1 Å². The SMILES string of the molecule is CC1C(=O)N([C@H](C)c2ccccc2)C[C@@]1(CF)C(=O)OC(C)(C)C.CC1C(=O)N([C@H](C)c2ccccc2)C[C@@]1(CO)C(=O)OC(C)(C)C. The molecule has 2 saturated heterocycles. The summed E-state index contributed by atoms with van der Waals surface area (Å²) in [6.45, 7) is 16.6. The van der Waals surface area contributed by atoms with Gasteiger partial charge < -0.3 is 24.4 Å². The maximum absolute atomic E-state index is 14.0. The zero-order valence-electron chi connectivity index (χ0n) is 30.1.